The molecule has 0 bridgehead atoms. The quantitative estimate of drug-likeness (QED) is 0.511. The molecule has 7 nitrogen and oxygen atoms in total. The van der Waals surface area contributed by atoms with E-state index in [2.05, 4.69) is 16.7 Å². The zero-order valence-electron chi connectivity index (χ0n) is 20.5. The van der Waals surface area contributed by atoms with Crippen LogP contribution in [0.4, 0.5) is 0 Å². The Kier molecular flexibility index (Phi) is 7.37. The number of benzene rings is 1. The summed E-state index contributed by atoms with van der Waals surface area (Å²) >= 11 is 0. The molecule has 4 atom stereocenters. The zero-order valence-corrected chi connectivity index (χ0v) is 20.5. The van der Waals surface area contributed by atoms with Crippen LogP contribution in [0.3, 0.4) is 0 Å². The number of carbonyl (C=O) groups is 1. The van der Waals surface area contributed by atoms with Gasteiger partial charge in [-0.1, -0.05) is 30.3 Å². The average Bonchev–Trinajstić information content (AvgIpc) is 3.34. The highest BCUT2D eigenvalue weighted by Crippen LogP contribution is 2.48. The van der Waals surface area contributed by atoms with Crippen LogP contribution in [0.25, 0.3) is 0 Å². The fourth-order valence-corrected chi connectivity index (χ4v) is 5.64. The topological polar surface area (TPSA) is 92.7 Å². The van der Waals surface area contributed by atoms with Crippen LogP contribution in [0, 0.1) is 0 Å². The highest BCUT2D eigenvalue weighted by Gasteiger charge is 2.46. The maximum absolute atomic E-state index is 11.9. The van der Waals surface area contributed by atoms with Gasteiger partial charge in [0.25, 0.3) is 0 Å². The Morgan fingerprint density at radius 3 is 2.74 bits per heavy atom. The van der Waals surface area contributed by atoms with E-state index in [0.717, 1.165) is 61.8 Å². The fraction of sp³-hybridized carbons (Fsp3) is 0.571. The third-order valence-electron chi connectivity index (χ3n) is 7.68. The molecule has 1 aliphatic carbocycles. The molecule has 1 spiro atoms. The van der Waals surface area contributed by atoms with Gasteiger partial charge in [0.05, 0.1) is 18.2 Å². The number of amides is 1. The summed E-state index contributed by atoms with van der Waals surface area (Å²) in [4.78, 5) is 16.6. The van der Waals surface area contributed by atoms with Crippen molar-refractivity contribution in [2.24, 2.45) is 0 Å². The van der Waals surface area contributed by atoms with Crippen LogP contribution in [0.5, 0.6) is 5.88 Å². The molecule has 7 heteroatoms. The smallest absolute Gasteiger partial charge is 0.218 e. The molecule has 3 aliphatic rings. The Bertz CT molecular complexity index is 1000. The van der Waals surface area contributed by atoms with Crippen molar-refractivity contribution in [3.63, 3.8) is 0 Å². The Hall–Kier alpha value is -2.48. The summed E-state index contributed by atoms with van der Waals surface area (Å²) in [7, 11) is 0. The third kappa shape index (κ3) is 5.85. The predicted octanol–water partition coefficient (Wildman–Crippen LogP) is 3.25. The summed E-state index contributed by atoms with van der Waals surface area (Å²) in [6.07, 6.45) is 9.22. The summed E-state index contributed by atoms with van der Waals surface area (Å²) in [6, 6.07) is 11.8. The van der Waals surface area contributed by atoms with Crippen molar-refractivity contribution in [3.8, 4) is 5.88 Å². The molecule has 1 amide bonds. The van der Waals surface area contributed by atoms with Gasteiger partial charge < -0.3 is 25.2 Å². The maximum Gasteiger partial charge on any atom is 0.218 e. The molecule has 1 saturated heterocycles. The molecule has 1 saturated carbocycles. The van der Waals surface area contributed by atoms with Crippen molar-refractivity contribution in [2.45, 2.75) is 88.2 Å². The van der Waals surface area contributed by atoms with E-state index in [1.807, 2.05) is 36.5 Å². The van der Waals surface area contributed by atoms with Gasteiger partial charge in [-0.25, -0.2) is 4.98 Å². The van der Waals surface area contributed by atoms with Gasteiger partial charge in [-0.2, -0.15) is 0 Å². The Balaban J connectivity index is 1.30. The van der Waals surface area contributed by atoms with Gasteiger partial charge in [-0.15, -0.1) is 0 Å². The van der Waals surface area contributed by atoms with Crippen molar-refractivity contribution in [2.75, 3.05) is 13.2 Å². The number of aliphatic hydroxyl groups is 1. The number of nitrogens with zero attached hydrogens (tertiary/aromatic N) is 1. The lowest BCUT2D eigenvalue weighted by Crippen LogP contribution is -2.52. The summed E-state index contributed by atoms with van der Waals surface area (Å²) in [5.41, 5.74) is 3.15. The monoisotopic (exact) mass is 479 g/mol. The van der Waals surface area contributed by atoms with Crippen LogP contribution < -0.4 is 15.4 Å². The van der Waals surface area contributed by atoms with Crippen LogP contribution >= 0.6 is 0 Å². The van der Waals surface area contributed by atoms with E-state index >= 15 is 0 Å². The van der Waals surface area contributed by atoms with Crippen molar-refractivity contribution in [1.82, 2.24) is 15.6 Å². The number of ether oxygens (including phenoxy) is 2. The van der Waals surface area contributed by atoms with Crippen LogP contribution in [-0.4, -0.2) is 53.0 Å². The van der Waals surface area contributed by atoms with Gasteiger partial charge in [-0.05, 0) is 55.7 Å². The number of nitrogens with one attached hydrogen (secondary N) is 2. The summed E-state index contributed by atoms with van der Waals surface area (Å²) in [5, 5.41) is 17.7. The number of pyridine rings is 1. The molecule has 35 heavy (non-hydrogen) atoms. The van der Waals surface area contributed by atoms with E-state index < -0.39 is 6.10 Å². The number of carbonyl (C=O) groups excluding carboxylic acids is 1. The van der Waals surface area contributed by atoms with Crippen LogP contribution in [0.15, 0.2) is 42.6 Å². The molecule has 0 radical (unpaired) electrons. The Morgan fingerprint density at radius 2 is 2.06 bits per heavy atom. The minimum Gasteiger partial charge on any atom is -0.471 e. The number of hydrogen-bond acceptors (Lipinski definition) is 6. The highest BCUT2D eigenvalue weighted by molar-refractivity contribution is 5.73. The molecule has 1 aromatic carbocycles. The first-order valence-corrected chi connectivity index (χ1v) is 13.0. The fourth-order valence-electron chi connectivity index (χ4n) is 5.64. The van der Waals surface area contributed by atoms with Crippen LogP contribution in [0.2, 0.25) is 0 Å². The van der Waals surface area contributed by atoms with Crippen molar-refractivity contribution in [3.05, 3.63) is 59.3 Å². The van der Waals surface area contributed by atoms with E-state index in [1.54, 1.807) is 0 Å². The molecule has 1 aromatic heterocycles. The number of aliphatic hydroxyl groups excluding tert-OH is 1. The lowest BCUT2D eigenvalue weighted by Gasteiger charge is -2.47. The van der Waals surface area contributed by atoms with Crippen molar-refractivity contribution >= 4 is 5.91 Å². The van der Waals surface area contributed by atoms with E-state index in [9.17, 15) is 9.90 Å². The SMILES string of the molecule is CC(=O)N[C@@H](Cc1ccccc1)[C@@H](O)CN[C@H]1CC2(CCC2)Oc2ncc(C[C@@H]3CCCO3)cc21. The van der Waals surface area contributed by atoms with E-state index in [-0.39, 0.29) is 29.7 Å². The second-order valence-electron chi connectivity index (χ2n) is 10.4. The van der Waals surface area contributed by atoms with Gasteiger partial charge in [0.1, 0.15) is 5.60 Å². The molecule has 2 aromatic rings. The van der Waals surface area contributed by atoms with Crippen molar-refractivity contribution in [1.29, 1.82) is 0 Å². The molecule has 2 aliphatic heterocycles. The summed E-state index contributed by atoms with van der Waals surface area (Å²) in [6.45, 7) is 2.71. The van der Waals surface area contributed by atoms with Crippen molar-refractivity contribution < 1.29 is 19.4 Å². The summed E-state index contributed by atoms with van der Waals surface area (Å²) in [5.74, 6) is 0.569. The van der Waals surface area contributed by atoms with Gasteiger partial charge in [-0.3, -0.25) is 4.79 Å². The maximum atomic E-state index is 11.9. The average molecular weight is 480 g/mol. The molecular weight excluding hydrogens is 442 g/mol. The Morgan fingerprint density at radius 1 is 1.23 bits per heavy atom. The Labute approximate surface area is 207 Å². The predicted molar refractivity (Wildman–Crippen MR) is 133 cm³/mol. The lowest BCUT2D eigenvalue weighted by atomic mass is 9.73. The molecule has 5 rings (SSSR count). The minimum absolute atomic E-state index is 0.0420. The standard InChI is InChI=1S/C28H37N3O4/c1-19(32)31-24(15-20-7-3-2-4-8-20)26(33)18-29-25-16-28(10-6-11-28)35-27-23(25)14-21(17-30-27)13-22-9-5-12-34-22/h2-4,7-8,14,17,22,24-26,29,33H,5-6,9-13,15-16,18H2,1H3,(H,31,32)/t22-,24-,25-,26-/m0/s1. The zero-order chi connectivity index (χ0) is 24.3. The van der Waals surface area contributed by atoms with Gasteiger partial charge in [0.2, 0.25) is 11.8 Å². The largest absolute Gasteiger partial charge is 0.471 e. The second kappa shape index (κ2) is 10.6. The number of rotatable bonds is 9. The molecule has 188 valence electrons. The minimum atomic E-state index is -0.731. The van der Waals surface area contributed by atoms with Gasteiger partial charge >= 0.3 is 0 Å². The van der Waals surface area contributed by atoms with Crippen LogP contribution in [-0.2, 0) is 22.4 Å². The number of hydrogen-bond donors (Lipinski definition) is 3. The number of aromatic nitrogens is 1. The van der Waals surface area contributed by atoms with E-state index in [1.165, 1.54) is 13.3 Å². The third-order valence-corrected chi connectivity index (χ3v) is 7.68. The highest BCUT2D eigenvalue weighted by atomic mass is 16.5. The van der Waals surface area contributed by atoms with E-state index in [4.69, 9.17) is 14.5 Å². The normalized spacial score (nSPS) is 24.2. The first kappa shape index (κ1) is 24.2. The molecular formula is C28H37N3O4. The molecule has 3 N–H and O–H groups in total. The summed E-state index contributed by atoms with van der Waals surface area (Å²) < 4.78 is 12.2. The molecule has 0 unspecified atom stereocenters. The number of fused-ring (bicyclic) bond motifs is 1. The molecule has 3 heterocycles. The lowest BCUT2D eigenvalue weighted by molar-refractivity contribution is -0.120. The van der Waals surface area contributed by atoms with Crippen LogP contribution in [0.1, 0.15) is 68.2 Å². The van der Waals surface area contributed by atoms with Gasteiger partial charge in [0.15, 0.2) is 0 Å². The van der Waals surface area contributed by atoms with E-state index in [0.29, 0.717) is 18.8 Å². The van der Waals surface area contributed by atoms with Gasteiger partial charge in [0, 0.05) is 50.7 Å². The first-order valence-electron chi connectivity index (χ1n) is 13.0. The second-order valence-corrected chi connectivity index (χ2v) is 10.4. The first-order chi connectivity index (χ1) is 17.0. The molecule has 2 fully saturated rings.